The zero-order chi connectivity index (χ0) is 31.1. The monoisotopic (exact) mass is 596 g/mol. The fourth-order valence-electron chi connectivity index (χ4n) is 10.00. The number of allylic oxidation sites excluding steroid dienone is 2. The van der Waals surface area contributed by atoms with Crippen LogP contribution in [-0.4, -0.2) is 62.1 Å². The molecule has 3 aliphatic carbocycles. The molecule has 2 aliphatic heterocycles. The highest BCUT2D eigenvalue weighted by atomic mass is 16.6. The first-order chi connectivity index (χ1) is 20.3. The molecule has 0 N–H and O–H groups in total. The van der Waals surface area contributed by atoms with E-state index in [4.69, 9.17) is 28.1 Å². The molecular weight excluding hydrogens is 552 g/mol. The second kappa shape index (κ2) is 10.3. The van der Waals surface area contributed by atoms with Crippen molar-refractivity contribution in [2.75, 3.05) is 13.7 Å². The number of fused-ring (bicyclic) bond motifs is 4. The quantitative estimate of drug-likeness (QED) is 0.187. The fourth-order valence-corrected chi connectivity index (χ4v) is 10.00. The number of esters is 3. The molecule has 0 amide bonds. The summed E-state index contributed by atoms with van der Waals surface area (Å²) in [5.41, 5.74) is 2.07. The van der Waals surface area contributed by atoms with Gasteiger partial charge in [-0.1, -0.05) is 32.4 Å². The summed E-state index contributed by atoms with van der Waals surface area (Å²) < 4.78 is 37.0. The molecule has 0 bridgehead atoms. The van der Waals surface area contributed by atoms with Gasteiger partial charge in [-0.05, 0) is 50.3 Å². The minimum absolute atomic E-state index is 0.0809. The summed E-state index contributed by atoms with van der Waals surface area (Å²) in [6, 6.07) is 1.99. The zero-order valence-corrected chi connectivity index (χ0v) is 26.4. The Kier molecular flexibility index (Phi) is 7.24. The number of ether oxygens (including phenoxy) is 5. The first kappa shape index (κ1) is 30.1. The van der Waals surface area contributed by atoms with Gasteiger partial charge in [0.25, 0.3) is 0 Å². The third kappa shape index (κ3) is 4.13. The summed E-state index contributed by atoms with van der Waals surface area (Å²) in [7, 11) is 1.41. The maximum Gasteiger partial charge on any atom is 0.333 e. The molecule has 5 aliphatic rings. The number of hydrogen-bond acceptors (Lipinski definition) is 9. The maximum absolute atomic E-state index is 13.4. The van der Waals surface area contributed by atoms with Crippen LogP contribution in [0.25, 0.3) is 0 Å². The number of methoxy groups -OCH3 is 1. The van der Waals surface area contributed by atoms with Gasteiger partial charge in [-0.25, -0.2) is 4.79 Å². The van der Waals surface area contributed by atoms with Crippen LogP contribution in [0, 0.1) is 28.1 Å². The summed E-state index contributed by atoms with van der Waals surface area (Å²) in [5.74, 6) is -1.61. The smallest absolute Gasteiger partial charge is 0.333 e. The molecule has 1 aromatic rings. The Morgan fingerprint density at radius 3 is 2.49 bits per heavy atom. The standard InChI is InChI=1S/C34H44O9/c1-9-17(2)31(37)42-24-14-23(41-19(4)35)32(5)16-40-28-29(32)33(24,6)22(13-25(36)38-8)34(7)26-18(3)12-21(20-10-11-39-15-20)27(26)43-30(28)34/h9-11,15,21-24,27-30H,12-14,16H2,1-8H3/b17-9+/t21-,22-,23-,24+,27-,28-,29+,30-,32-,33+,34-/m1/s1. The van der Waals surface area contributed by atoms with E-state index < -0.39 is 40.4 Å². The Balaban J connectivity index is 1.54. The largest absolute Gasteiger partial charge is 0.472 e. The summed E-state index contributed by atoms with van der Waals surface area (Å²) >= 11 is 0. The lowest BCUT2D eigenvalue weighted by Gasteiger charge is -2.65. The number of furan rings is 1. The van der Waals surface area contributed by atoms with Crippen LogP contribution in [0.1, 0.15) is 79.2 Å². The van der Waals surface area contributed by atoms with Crippen LogP contribution in [0.2, 0.25) is 0 Å². The van der Waals surface area contributed by atoms with E-state index in [2.05, 4.69) is 27.7 Å². The van der Waals surface area contributed by atoms with E-state index >= 15 is 0 Å². The van der Waals surface area contributed by atoms with Crippen LogP contribution in [0.3, 0.4) is 0 Å². The van der Waals surface area contributed by atoms with Crippen molar-refractivity contribution in [2.24, 2.45) is 28.1 Å². The summed E-state index contributed by atoms with van der Waals surface area (Å²) in [6.07, 6.45) is 4.32. The molecule has 0 spiro atoms. The van der Waals surface area contributed by atoms with E-state index in [-0.39, 0.29) is 48.5 Å². The van der Waals surface area contributed by atoms with Gasteiger partial charge < -0.3 is 28.1 Å². The Hall–Kier alpha value is -2.91. The normalized spacial score (nSPS) is 43.1. The van der Waals surface area contributed by atoms with Gasteiger partial charge in [-0.15, -0.1) is 0 Å². The molecule has 11 atom stereocenters. The molecule has 0 unspecified atom stereocenters. The molecule has 2 saturated heterocycles. The van der Waals surface area contributed by atoms with Crippen LogP contribution >= 0.6 is 0 Å². The van der Waals surface area contributed by atoms with Crippen molar-refractivity contribution in [1.82, 2.24) is 0 Å². The molecule has 6 rings (SSSR count). The molecule has 0 radical (unpaired) electrons. The van der Waals surface area contributed by atoms with Gasteiger partial charge in [-0.3, -0.25) is 9.59 Å². The number of rotatable bonds is 6. The van der Waals surface area contributed by atoms with Crippen molar-refractivity contribution in [3.05, 3.63) is 47.0 Å². The van der Waals surface area contributed by atoms with E-state index in [1.807, 2.05) is 6.07 Å². The molecule has 3 heterocycles. The van der Waals surface area contributed by atoms with Crippen molar-refractivity contribution < 1.29 is 42.5 Å². The zero-order valence-electron chi connectivity index (χ0n) is 26.4. The molecule has 2 saturated carbocycles. The Morgan fingerprint density at radius 2 is 1.86 bits per heavy atom. The molecular formula is C34H44O9. The topological polar surface area (TPSA) is 111 Å². The Bertz CT molecular complexity index is 1380. The van der Waals surface area contributed by atoms with E-state index in [0.717, 1.165) is 12.0 Å². The van der Waals surface area contributed by atoms with E-state index in [1.165, 1.54) is 25.2 Å². The minimum Gasteiger partial charge on any atom is -0.472 e. The van der Waals surface area contributed by atoms with Gasteiger partial charge in [-0.2, -0.15) is 0 Å². The van der Waals surface area contributed by atoms with E-state index in [9.17, 15) is 14.4 Å². The molecule has 234 valence electrons. The van der Waals surface area contributed by atoms with E-state index in [1.54, 1.807) is 32.4 Å². The SMILES string of the molecule is C/C=C(\C)C(=O)O[C@H]1C[C@@H](OC(C)=O)[C@@]2(C)CO[C@H]3[C@H]4O[C@H]5C(=C(C)C[C@@H]5c5ccoc5)[C@@]4(C)[C@H](CC(=O)OC)[C@]1(C)[C@@H]32. The van der Waals surface area contributed by atoms with Crippen molar-refractivity contribution >= 4 is 17.9 Å². The third-order valence-electron chi connectivity index (χ3n) is 11.9. The first-order valence-electron chi connectivity index (χ1n) is 15.4. The number of carbonyl (C=O) groups excluding carboxylic acids is 3. The highest BCUT2D eigenvalue weighted by molar-refractivity contribution is 5.87. The molecule has 9 heteroatoms. The average molecular weight is 597 g/mol. The van der Waals surface area contributed by atoms with Gasteiger partial charge >= 0.3 is 17.9 Å². The Labute approximate surface area is 253 Å². The van der Waals surface area contributed by atoms with Gasteiger partial charge in [0.2, 0.25) is 0 Å². The van der Waals surface area contributed by atoms with Crippen molar-refractivity contribution in [1.29, 1.82) is 0 Å². The number of carbonyl (C=O) groups is 3. The lowest BCUT2D eigenvalue weighted by atomic mass is 9.40. The highest BCUT2D eigenvalue weighted by Gasteiger charge is 2.78. The van der Waals surface area contributed by atoms with Gasteiger partial charge in [0.1, 0.15) is 12.2 Å². The lowest BCUT2D eigenvalue weighted by molar-refractivity contribution is -0.251. The maximum atomic E-state index is 13.4. The summed E-state index contributed by atoms with van der Waals surface area (Å²) in [5, 5.41) is 0. The van der Waals surface area contributed by atoms with Crippen LogP contribution < -0.4 is 0 Å². The van der Waals surface area contributed by atoms with Crippen molar-refractivity contribution in [3.8, 4) is 0 Å². The van der Waals surface area contributed by atoms with Gasteiger partial charge in [0, 0.05) is 53.4 Å². The fraction of sp³-hybridized carbons (Fsp3) is 0.676. The second-order valence-electron chi connectivity index (χ2n) is 14.0. The Morgan fingerprint density at radius 1 is 1.12 bits per heavy atom. The van der Waals surface area contributed by atoms with Crippen molar-refractivity contribution in [3.63, 3.8) is 0 Å². The first-order valence-corrected chi connectivity index (χ1v) is 15.4. The lowest BCUT2D eigenvalue weighted by Crippen LogP contribution is -2.71. The van der Waals surface area contributed by atoms with Crippen LogP contribution in [-0.2, 0) is 38.1 Å². The molecule has 43 heavy (non-hydrogen) atoms. The summed E-state index contributed by atoms with van der Waals surface area (Å²) in [4.78, 5) is 39.1. The highest BCUT2D eigenvalue weighted by Crippen LogP contribution is 2.74. The second-order valence-corrected chi connectivity index (χ2v) is 14.0. The van der Waals surface area contributed by atoms with Crippen LogP contribution in [0.5, 0.6) is 0 Å². The van der Waals surface area contributed by atoms with Gasteiger partial charge in [0.15, 0.2) is 0 Å². The van der Waals surface area contributed by atoms with Gasteiger partial charge in [0.05, 0.1) is 44.6 Å². The summed E-state index contributed by atoms with van der Waals surface area (Å²) in [6.45, 7) is 13.9. The molecule has 1 aromatic heterocycles. The minimum atomic E-state index is -0.741. The third-order valence-corrected chi connectivity index (χ3v) is 11.9. The van der Waals surface area contributed by atoms with Crippen molar-refractivity contribution in [2.45, 2.75) is 104 Å². The number of hydrogen-bond donors (Lipinski definition) is 0. The molecule has 9 nitrogen and oxygen atoms in total. The van der Waals surface area contributed by atoms with Crippen LogP contribution in [0.15, 0.2) is 45.8 Å². The van der Waals surface area contributed by atoms with E-state index in [0.29, 0.717) is 18.6 Å². The molecule has 0 aromatic carbocycles. The average Bonchev–Trinajstić information content (AvgIpc) is 3.74. The molecule has 4 fully saturated rings. The predicted octanol–water partition coefficient (Wildman–Crippen LogP) is 5.29. The predicted molar refractivity (Wildman–Crippen MR) is 155 cm³/mol. The van der Waals surface area contributed by atoms with Crippen LogP contribution in [0.4, 0.5) is 0 Å².